The van der Waals surface area contributed by atoms with Gasteiger partial charge in [0, 0.05) is 36.0 Å². The molecular weight excluding hydrogens is 359 g/mol. The predicted molar refractivity (Wildman–Crippen MR) is 99.4 cm³/mol. The minimum atomic E-state index is 0. The third kappa shape index (κ3) is 4.24. The van der Waals surface area contributed by atoms with E-state index in [-0.39, 0.29) is 12.4 Å². The summed E-state index contributed by atoms with van der Waals surface area (Å²) >= 11 is 13.8. The Kier molecular flexibility index (Phi) is 6.72. The second-order valence-electron chi connectivity index (χ2n) is 4.88. The molecule has 22 heavy (non-hydrogen) atoms. The molecule has 0 radical (unpaired) electrons. The van der Waals surface area contributed by atoms with E-state index in [1.54, 1.807) is 11.8 Å². The van der Waals surface area contributed by atoms with Crippen molar-refractivity contribution in [3.8, 4) is 0 Å². The number of halogens is 3. The Balaban J connectivity index is 0.00000176. The highest BCUT2D eigenvalue weighted by Crippen LogP contribution is 2.37. The van der Waals surface area contributed by atoms with E-state index in [0.29, 0.717) is 10.0 Å². The maximum Gasteiger partial charge on any atom is 0.0603 e. The first-order valence-electron chi connectivity index (χ1n) is 6.91. The lowest BCUT2D eigenvalue weighted by molar-refractivity contribution is 0.587. The van der Waals surface area contributed by atoms with Crippen LogP contribution in [0, 0.1) is 0 Å². The fraction of sp³-hybridized carbons (Fsp3) is 0.250. The Morgan fingerprint density at radius 2 is 1.68 bits per heavy atom. The van der Waals surface area contributed by atoms with Gasteiger partial charge in [-0.05, 0) is 30.3 Å². The van der Waals surface area contributed by atoms with Crippen molar-refractivity contribution in [2.45, 2.75) is 9.79 Å². The molecule has 0 amide bonds. The average Bonchev–Trinajstić information content (AvgIpc) is 2.52. The van der Waals surface area contributed by atoms with E-state index in [2.05, 4.69) is 34.5 Å². The Bertz CT molecular complexity index is 631. The largest absolute Gasteiger partial charge is 0.368 e. The number of benzene rings is 2. The van der Waals surface area contributed by atoms with Crippen molar-refractivity contribution in [1.82, 2.24) is 5.32 Å². The number of hydrogen-bond acceptors (Lipinski definition) is 3. The van der Waals surface area contributed by atoms with Crippen molar-refractivity contribution in [2.24, 2.45) is 0 Å². The third-order valence-corrected chi connectivity index (χ3v) is 5.24. The predicted octanol–water partition coefficient (Wildman–Crippen LogP) is 4.98. The van der Waals surface area contributed by atoms with Gasteiger partial charge in [0.25, 0.3) is 0 Å². The summed E-state index contributed by atoms with van der Waals surface area (Å²) < 4.78 is 0. The Morgan fingerprint density at radius 1 is 0.955 bits per heavy atom. The van der Waals surface area contributed by atoms with Gasteiger partial charge in [0.2, 0.25) is 0 Å². The SMILES string of the molecule is Cl.Clc1ccc(Sc2ccccc2N2CCNCC2)cc1Cl. The minimum absolute atomic E-state index is 0. The van der Waals surface area contributed by atoms with Crippen molar-refractivity contribution < 1.29 is 0 Å². The molecule has 2 aromatic rings. The van der Waals surface area contributed by atoms with E-state index in [9.17, 15) is 0 Å². The van der Waals surface area contributed by atoms with Gasteiger partial charge in [-0.2, -0.15) is 0 Å². The molecule has 0 unspecified atom stereocenters. The van der Waals surface area contributed by atoms with Gasteiger partial charge in [-0.1, -0.05) is 47.1 Å². The quantitative estimate of drug-likeness (QED) is 0.815. The first-order chi connectivity index (χ1) is 10.2. The molecule has 0 aromatic heterocycles. The highest BCUT2D eigenvalue weighted by molar-refractivity contribution is 7.99. The summed E-state index contributed by atoms with van der Waals surface area (Å²) in [5.41, 5.74) is 1.29. The topological polar surface area (TPSA) is 15.3 Å². The molecule has 0 spiro atoms. The monoisotopic (exact) mass is 374 g/mol. The van der Waals surface area contributed by atoms with Gasteiger partial charge in [0.05, 0.1) is 15.7 Å². The second-order valence-corrected chi connectivity index (χ2v) is 6.81. The zero-order valence-corrected chi connectivity index (χ0v) is 15.0. The first kappa shape index (κ1) is 17.8. The van der Waals surface area contributed by atoms with Gasteiger partial charge in [0.15, 0.2) is 0 Å². The number of anilines is 1. The van der Waals surface area contributed by atoms with Crippen molar-refractivity contribution in [2.75, 3.05) is 31.1 Å². The van der Waals surface area contributed by atoms with Crippen molar-refractivity contribution in [3.05, 3.63) is 52.5 Å². The summed E-state index contributed by atoms with van der Waals surface area (Å²) in [4.78, 5) is 4.78. The highest BCUT2D eigenvalue weighted by atomic mass is 35.5. The summed E-state index contributed by atoms with van der Waals surface area (Å²) in [6.45, 7) is 4.15. The fourth-order valence-electron chi connectivity index (χ4n) is 2.38. The molecule has 0 bridgehead atoms. The molecule has 1 fully saturated rings. The molecule has 3 rings (SSSR count). The van der Waals surface area contributed by atoms with Crippen molar-refractivity contribution >= 4 is 53.1 Å². The van der Waals surface area contributed by atoms with Gasteiger partial charge in [0.1, 0.15) is 0 Å². The van der Waals surface area contributed by atoms with E-state index in [0.717, 1.165) is 31.1 Å². The maximum atomic E-state index is 6.10. The molecule has 0 atom stereocenters. The molecule has 1 aliphatic rings. The first-order valence-corrected chi connectivity index (χ1v) is 8.49. The van der Waals surface area contributed by atoms with Crippen LogP contribution >= 0.6 is 47.4 Å². The standard InChI is InChI=1S/C16H16Cl2N2S.ClH/c17-13-6-5-12(11-14(13)18)21-16-4-2-1-3-15(16)20-9-7-19-8-10-20;/h1-6,11,19H,7-10H2;1H. The molecule has 6 heteroatoms. The Morgan fingerprint density at radius 3 is 2.41 bits per heavy atom. The van der Waals surface area contributed by atoms with E-state index in [1.165, 1.54) is 10.6 Å². The molecule has 1 N–H and O–H groups in total. The molecule has 1 saturated heterocycles. The van der Waals surface area contributed by atoms with E-state index >= 15 is 0 Å². The number of rotatable bonds is 3. The number of piperazine rings is 1. The van der Waals surface area contributed by atoms with Crippen molar-refractivity contribution in [1.29, 1.82) is 0 Å². The van der Waals surface area contributed by atoms with Gasteiger partial charge < -0.3 is 10.2 Å². The van der Waals surface area contributed by atoms with Crippen LogP contribution in [0.1, 0.15) is 0 Å². The maximum absolute atomic E-state index is 6.10. The summed E-state index contributed by atoms with van der Waals surface area (Å²) in [6.07, 6.45) is 0. The lowest BCUT2D eigenvalue weighted by Crippen LogP contribution is -2.43. The molecular formula is C16H17Cl3N2S. The molecule has 118 valence electrons. The van der Waals surface area contributed by atoms with Crippen LogP contribution in [0.4, 0.5) is 5.69 Å². The molecule has 0 aliphatic carbocycles. The Hall–Kier alpha value is -0.580. The van der Waals surface area contributed by atoms with Crippen LogP contribution in [-0.2, 0) is 0 Å². The summed E-state index contributed by atoms with van der Waals surface area (Å²) in [6, 6.07) is 14.3. The summed E-state index contributed by atoms with van der Waals surface area (Å²) in [5.74, 6) is 0. The lowest BCUT2D eigenvalue weighted by Gasteiger charge is -2.31. The van der Waals surface area contributed by atoms with Crippen LogP contribution in [0.5, 0.6) is 0 Å². The second kappa shape index (κ2) is 8.32. The molecule has 2 nitrogen and oxygen atoms in total. The normalized spacial score (nSPS) is 14.5. The summed E-state index contributed by atoms with van der Waals surface area (Å²) in [5, 5.41) is 4.58. The molecule has 1 aliphatic heterocycles. The van der Waals surface area contributed by atoms with Gasteiger partial charge in [-0.15, -0.1) is 12.4 Å². The van der Waals surface area contributed by atoms with E-state index < -0.39 is 0 Å². The average molecular weight is 376 g/mol. The number of nitrogens with zero attached hydrogens (tertiary/aromatic N) is 1. The zero-order valence-electron chi connectivity index (χ0n) is 11.9. The molecule has 2 aromatic carbocycles. The van der Waals surface area contributed by atoms with E-state index in [1.807, 2.05) is 18.2 Å². The van der Waals surface area contributed by atoms with Gasteiger partial charge in [-0.3, -0.25) is 0 Å². The minimum Gasteiger partial charge on any atom is -0.368 e. The number of hydrogen-bond donors (Lipinski definition) is 1. The smallest absolute Gasteiger partial charge is 0.0603 e. The van der Waals surface area contributed by atoms with Crippen LogP contribution in [0.15, 0.2) is 52.3 Å². The molecule has 1 heterocycles. The van der Waals surface area contributed by atoms with E-state index in [4.69, 9.17) is 23.2 Å². The third-order valence-electron chi connectivity index (χ3n) is 3.44. The van der Waals surface area contributed by atoms with Crippen LogP contribution in [0.25, 0.3) is 0 Å². The highest BCUT2D eigenvalue weighted by Gasteiger charge is 2.14. The van der Waals surface area contributed by atoms with Crippen LogP contribution < -0.4 is 10.2 Å². The van der Waals surface area contributed by atoms with Gasteiger partial charge >= 0.3 is 0 Å². The van der Waals surface area contributed by atoms with Crippen molar-refractivity contribution in [3.63, 3.8) is 0 Å². The number of nitrogens with one attached hydrogen (secondary N) is 1. The number of para-hydroxylation sites is 1. The molecule has 0 saturated carbocycles. The fourth-order valence-corrected chi connectivity index (χ4v) is 3.76. The van der Waals surface area contributed by atoms with Crippen LogP contribution in [0.2, 0.25) is 10.0 Å². The summed E-state index contributed by atoms with van der Waals surface area (Å²) in [7, 11) is 0. The zero-order chi connectivity index (χ0) is 14.7. The van der Waals surface area contributed by atoms with Crippen LogP contribution in [-0.4, -0.2) is 26.2 Å². The van der Waals surface area contributed by atoms with Crippen LogP contribution in [0.3, 0.4) is 0 Å². The lowest BCUT2D eigenvalue weighted by atomic mass is 10.2. The Labute approximate surface area is 151 Å². The van der Waals surface area contributed by atoms with Gasteiger partial charge in [-0.25, -0.2) is 0 Å².